The Hall–Kier alpha value is -1.03. The van der Waals surface area contributed by atoms with Crippen LogP contribution in [-0.2, 0) is 11.3 Å². The number of hydrogen-bond acceptors (Lipinski definition) is 3. The van der Waals surface area contributed by atoms with Gasteiger partial charge in [-0.2, -0.15) is 0 Å². The first-order valence-corrected chi connectivity index (χ1v) is 5.53. The monoisotopic (exact) mass is 210 g/mol. The SMILES string of the molecule is CCn1ccnc1C=CCSC(C)=O. The van der Waals surface area contributed by atoms with Gasteiger partial charge in [-0.15, -0.1) is 0 Å². The second-order valence-electron chi connectivity index (χ2n) is 2.78. The predicted octanol–water partition coefficient (Wildman–Crippen LogP) is 2.20. The summed E-state index contributed by atoms with van der Waals surface area (Å²) in [7, 11) is 0. The van der Waals surface area contributed by atoms with E-state index in [1.165, 1.54) is 11.8 Å². The first-order chi connectivity index (χ1) is 6.74. The largest absolute Gasteiger partial charge is 0.332 e. The number of nitrogens with zero attached hydrogens (tertiary/aromatic N) is 2. The van der Waals surface area contributed by atoms with Gasteiger partial charge < -0.3 is 4.57 Å². The molecule has 0 spiro atoms. The summed E-state index contributed by atoms with van der Waals surface area (Å²) in [5, 5.41) is 0.147. The molecule has 0 fully saturated rings. The molecular formula is C10H14N2OS. The van der Waals surface area contributed by atoms with Gasteiger partial charge in [0.1, 0.15) is 5.82 Å². The van der Waals surface area contributed by atoms with E-state index < -0.39 is 0 Å². The topological polar surface area (TPSA) is 34.9 Å². The lowest BCUT2D eigenvalue weighted by atomic mass is 10.5. The number of carbonyl (C=O) groups is 1. The summed E-state index contributed by atoms with van der Waals surface area (Å²) in [5.74, 6) is 1.66. The predicted molar refractivity (Wildman–Crippen MR) is 60.1 cm³/mol. The Labute approximate surface area is 88.2 Å². The minimum Gasteiger partial charge on any atom is -0.332 e. The molecule has 0 aliphatic rings. The number of aryl methyl sites for hydroxylation is 1. The lowest BCUT2D eigenvalue weighted by Gasteiger charge is -1.98. The Kier molecular flexibility index (Phi) is 4.46. The molecule has 0 N–H and O–H groups in total. The average molecular weight is 210 g/mol. The van der Waals surface area contributed by atoms with Gasteiger partial charge in [0, 0.05) is 31.6 Å². The highest BCUT2D eigenvalue weighted by atomic mass is 32.2. The molecule has 0 aliphatic heterocycles. The molecule has 0 amide bonds. The number of thioether (sulfide) groups is 1. The van der Waals surface area contributed by atoms with Crippen LogP contribution < -0.4 is 0 Å². The molecule has 0 bridgehead atoms. The molecule has 1 rings (SSSR count). The van der Waals surface area contributed by atoms with E-state index in [0.29, 0.717) is 5.75 Å². The van der Waals surface area contributed by atoms with Crippen molar-refractivity contribution in [1.29, 1.82) is 0 Å². The summed E-state index contributed by atoms with van der Waals surface area (Å²) >= 11 is 1.30. The number of hydrogen-bond donors (Lipinski definition) is 0. The molecule has 0 aliphatic carbocycles. The molecule has 0 atom stereocenters. The van der Waals surface area contributed by atoms with Crippen LogP contribution in [0, 0.1) is 0 Å². The maximum Gasteiger partial charge on any atom is 0.186 e. The molecule has 0 unspecified atom stereocenters. The van der Waals surface area contributed by atoms with Crippen LogP contribution in [0.4, 0.5) is 0 Å². The highest BCUT2D eigenvalue weighted by Crippen LogP contribution is 2.04. The van der Waals surface area contributed by atoms with Crippen LogP contribution in [-0.4, -0.2) is 20.4 Å². The summed E-state index contributed by atoms with van der Waals surface area (Å²) in [6.07, 6.45) is 7.62. The van der Waals surface area contributed by atoms with Gasteiger partial charge in [0.2, 0.25) is 0 Å². The summed E-state index contributed by atoms with van der Waals surface area (Å²) in [6, 6.07) is 0. The van der Waals surface area contributed by atoms with Crippen LogP contribution in [0.25, 0.3) is 6.08 Å². The van der Waals surface area contributed by atoms with E-state index in [-0.39, 0.29) is 5.12 Å². The third kappa shape index (κ3) is 3.38. The lowest BCUT2D eigenvalue weighted by Crippen LogP contribution is -1.95. The minimum atomic E-state index is 0.147. The highest BCUT2D eigenvalue weighted by molar-refractivity contribution is 8.13. The van der Waals surface area contributed by atoms with E-state index in [1.54, 1.807) is 13.1 Å². The van der Waals surface area contributed by atoms with E-state index in [2.05, 4.69) is 16.5 Å². The van der Waals surface area contributed by atoms with E-state index >= 15 is 0 Å². The fourth-order valence-electron chi connectivity index (χ4n) is 1.07. The van der Waals surface area contributed by atoms with Gasteiger partial charge in [0.05, 0.1) is 0 Å². The zero-order chi connectivity index (χ0) is 10.4. The Bertz CT molecular complexity index is 331. The van der Waals surface area contributed by atoms with Crippen LogP contribution in [0.15, 0.2) is 18.5 Å². The van der Waals surface area contributed by atoms with Gasteiger partial charge >= 0.3 is 0 Å². The van der Waals surface area contributed by atoms with E-state index in [1.807, 2.05) is 18.3 Å². The zero-order valence-corrected chi connectivity index (χ0v) is 9.25. The van der Waals surface area contributed by atoms with E-state index in [4.69, 9.17) is 0 Å². The molecule has 3 nitrogen and oxygen atoms in total. The Morgan fingerprint density at radius 1 is 1.71 bits per heavy atom. The molecule has 1 aromatic rings. The van der Waals surface area contributed by atoms with Crippen molar-refractivity contribution in [3.63, 3.8) is 0 Å². The second kappa shape index (κ2) is 5.65. The zero-order valence-electron chi connectivity index (χ0n) is 8.43. The van der Waals surface area contributed by atoms with Gasteiger partial charge in [-0.1, -0.05) is 17.8 Å². The highest BCUT2D eigenvalue weighted by Gasteiger charge is 1.95. The third-order valence-corrected chi connectivity index (χ3v) is 2.50. The summed E-state index contributed by atoms with van der Waals surface area (Å²) in [5.41, 5.74) is 0. The van der Waals surface area contributed by atoms with Gasteiger partial charge in [0.25, 0.3) is 0 Å². The summed E-state index contributed by atoms with van der Waals surface area (Å²) < 4.78 is 2.05. The van der Waals surface area contributed by atoms with Crippen molar-refractivity contribution >= 4 is 23.0 Å². The molecule has 14 heavy (non-hydrogen) atoms. The van der Waals surface area contributed by atoms with Gasteiger partial charge in [-0.25, -0.2) is 4.98 Å². The standard InChI is InChI=1S/C10H14N2OS/c1-3-12-7-6-11-10(12)5-4-8-14-9(2)13/h4-7H,3,8H2,1-2H3. The van der Waals surface area contributed by atoms with Crippen molar-refractivity contribution in [3.05, 3.63) is 24.3 Å². The van der Waals surface area contributed by atoms with Crippen LogP contribution in [0.1, 0.15) is 19.7 Å². The fraction of sp³-hybridized carbons (Fsp3) is 0.400. The van der Waals surface area contributed by atoms with Gasteiger partial charge in [-0.3, -0.25) is 4.79 Å². The first-order valence-electron chi connectivity index (χ1n) is 4.55. The van der Waals surface area contributed by atoms with Crippen molar-refractivity contribution in [2.45, 2.75) is 20.4 Å². The molecule has 1 heterocycles. The normalized spacial score (nSPS) is 11.0. The van der Waals surface area contributed by atoms with Crippen molar-refractivity contribution in [2.75, 3.05) is 5.75 Å². The van der Waals surface area contributed by atoms with Crippen molar-refractivity contribution in [1.82, 2.24) is 9.55 Å². The molecule has 1 aromatic heterocycles. The smallest absolute Gasteiger partial charge is 0.186 e. The van der Waals surface area contributed by atoms with Crippen LogP contribution in [0.2, 0.25) is 0 Å². The average Bonchev–Trinajstić information content (AvgIpc) is 2.59. The van der Waals surface area contributed by atoms with Crippen molar-refractivity contribution in [2.24, 2.45) is 0 Å². The molecule has 4 heteroatoms. The van der Waals surface area contributed by atoms with E-state index in [9.17, 15) is 4.79 Å². The number of imidazole rings is 1. The summed E-state index contributed by atoms with van der Waals surface area (Å²) in [4.78, 5) is 14.8. The Balaban J connectivity index is 2.47. The van der Waals surface area contributed by atoms with Crippen molar-refractivity contribution in [3.8, 4) is 0 Å². The maximum absolute atomic E-state index is 10.6. The molecule has 0 saturated heterocycles. The minimum absolute atomic E-state index is 0.147. The number of rotatable bonds is 4. The van der Waals surface area contributed by atoms with Crippen molar-refractivity contribution < 1.29 is 4.79 Å². The first kappa shape index (κ1) is 11.0. The molecule has 76 valence electrons. The van der Waals surface area contributed by atoms with E-state index in [0.717, 1.165) is 12.4 Å². The maximum atomic E-state index is 10.6. The second-order valence-corrected chi connectivity index (χ2v) is 3.97. The van der Waals surface area contributed by atoms with Gasteiger partial charge in [0.15, 0.2) is 5.12 Å². The lowest BCUT2D eigenvalue weighted by molar-refractivity contribution is -0.109. The van der Waals surface area contributed by atoms with Crippen LogP contribution in [0.5, 0.6) is 0 Å². The number of carbonyl (C=O) groups excluding carboxylic acids is 1. The van der Waals surface area contributed by atoms with Crippen LogP contribution >= 0.6 is 11.8 Å². The quantitative estimate of drug-likeness (QED) is 0.764. The van der Waals surface area contributed by atoms with Gasteiger partial charge in [-0.05, 0) is 13.0 Å². The molecule has 0 radical (unpaired) electrons. The third-order valence-electron chi connectivity index (χ3n) is 1.74. The molecule has 0 saturated carbocycles. The summed E-state index contributed by atoms with van der Waals surface area (Å²) in [6.45, 7) is 4.56. The molecule has 0 aromatic carbocycles. The Morgan fingerprint density at radius 3 is 3.14 bits per heavy atom. The fourth-order valence-corrected chi connectivity index (χ4v) is 1.49. The number of aromatic nitrogens is 2. The Morgan fingerprint density at radius 2 is 2.50 bits per heavy atom. The molecular weight excluding hydrogens is 196 g/mol. The van der Waals surface area contributed by atoms with Crippen LogP contribution in [0.3, 0.4) is 0 Å².